The Kier molecular flexibility index (Phi) is 12.3. The van der Waals surface area contributed by atoms with Crippen molar-refractivity contribution in [1.82, 2.24) is 5.32 Å². The zero-order chi connectivity index (χ0) is 17.9. The van der Waals surface area contributed by atoms with Crippen LogP contribution < -0.4 is 10.1 Å². The second kappa shape index (κ2) is 13.0. The molecule has 0 spiro atoms. The van der Waals surface area contributed by atoms with Crippen LogP contribution in [0.25, 0.3) is 0 Å². The number of rotatable bonds is 11. The van der Waals surface area contributed by atoms with Gasteiger partial charge in [-0.05, 0) is 24.1 Å². The van der Waals surface area contributed by atoms with E-state index in [0.717, 1.165) is 19.3 Å². The van der Waals surface area contributed by atoms with Gasteiger partial charge >= 0.3 is 5.97 Å². The van der Waals surface area contributed by atoms with Crippen LogP contribution >= 0.6 is 12.4 Å². The minimum Gasteiger partial charge on any atom is -0.504 e. The second-order valence-electron chi connectivity index (χ2n) is 6.44. The smallest absolute Gasteiger partial charge is 0.311 e. The number of benzene rings is 1. The number of hydrogen-bond donors (Lipinski definition) is 3. The van der Waals surface area contributed by atoms with E-state index < -0.39 is 6.10 Å². The number of phenols is 1. The molecule has 0 fully saturated rings. The number of unbranched alkanes of at least 4 members (excludes halogenated alkanes) is 4. The first-order chi connectivity index (χ1) is 11.4. The number of esters is 1. The molecule has 0 saturated heterocycles. The summed E-state index contributed by atoms with van der Waals surface area (Å²) in [6.07, 6.45) is 4.94. The van der Waals surface area contributed by atoms with Crippen molar-refractivity contribution < 1.29 is 19.7 Å². The molecule has 0 aliphatic heterocycles. The lowest BCUT2D eigenvalue weighted by Crippen LogP contribution is -2.27. The third-order valence-electron chi connectivity index (χ3n) is 3.80. The van der Waals surface area contributed by atoms with E-state index in [4.69, 9.17) is 4.74 Å². The van der Waals surface area contributed by atoms with Crippen LogP contribution in [0.3, 0.4) is 0 Å². The number of hydrogen-bond acceptors (Lipinski definition) is 5. The second-order valence-corrected chi connectivity index (χ2v) is 6.44. The maximum Gasteiger partial charge on any atom is 0.311 e. The Labute approximate surface area is 157 Å². The number of carbonyl (C=O) groups excluding carboxylic acids is 1. The third-order valence-corrected chi connectivity index (χ3v) is 3.80. The average molecular weight is 374 g/mol. The Morgan fingerprint density at radius 3 is 2.48 bits per heavy atom. The number of aliphatic hydroxyl groups is 1. The highest BCUT2D eigenvalue weighted by Gasteiger charge is 2.13. The van der Waals surface area contributed by atoms with Crippen LogP contribution in [0.4, 0.5) is 0 Å². The van der Waals surface area contributed by atoms with E-state index in [2.05, 4.69) is 12.2 Å². The molecule has 1 aromatic carbocycles. The van der Waals surface area contributed by atoms with Crippen LogP contribution in [-0.4, -0.2) is 28.8 Å². The summed E-state index contributed by atoms with van der Waals surface area (Å²) in [5.74, 6) is -0.326. The van der Waals surface area contributed by atoms with E-state index in [-0.39, 0.29) is 35.9 Å². The molecule has 5 nitrogen and oxygen atoms in total. The van der Waals surface area contributed by atoms with Gasteiger partial charge < -0.3 is 20.3 Å². The summed E-state index contributed by atoms with van der Waals surface area (Å²) in [5.41, 5.74) is 0.583. The molecule has 6 heteroatoms. The van der Waals surface area contributed by atoms with Crippen molar-refractivity contribution in [2.45, 2.75) is 71.4 Å². The predicted molar refractivity (Wildman–Crippen MR) is 102 cm³/mol. The van der Waals surface area contributed by atoms with Crippen LogP contribution in [0.2, 0.25) is 0 Å². The van der Waals surface area contributed by atoms with Crippen molar-refractivity contribution in [2.75, 3.05) is 6.54 Å². The first-order valence-electron chi connectivity index (χ1n) is 8.89. The lowest BCUT2D eigenvalue weighted by Gasteiger charge is -2.15. The monoisotopic (exact) mass is 373 g/mol. The standard InChI is InChI=1S/C19H31NO4.ClH/c1-4-5-6-7-8-9-19(23)24-18-11-10-15(12-16(18)21)17(22)13-20-14(2)3;/h10-12,14,17,20-22H,4-9,13H2,1-3H3;1H. The summed E-state index contributed by atoms with van der Waals surface area (Å²) in [6, 6.07) is 4.90. The quantitative estimate of drug-likeness (QED) is 0.309. The van der Waals surface area contributed by atoms with Gasteiger partial charge in [-0.15, -0.1) is 12.4 Å². The molecule has 3 N–H and O–H groups in total. The summed E-state index contributed by atoms with van der Waals surface area (Å²) in [7, 11) is 0. The minimum absolute atomic E-state index is 0. The van der Waals surface area contributed by atoms with Crippen LogP contribution in [0, 0.1) is 0 Å². The van der Waals surface area contributed by atoms with Gasteiger partial charge in [0.15, 0.2) is 11.5 Å². The Bertz CT molecular complexity index is 508. The molecule has 0 bridgehead atoms. The van der Waals surface area contributed by atoms with Crippen molar-refractivity contribution in [3.05, 3.63) is 23.8 Å². The number of aliphatic hydroxyl groups excluding tert-OH is 1. The van der Waals surface area contributed by atoms with Gasteiger partial charge in [0.05, 0.1) is 6.10 Å². The molecular formula is C19H32ClNO4. The maximum atomic E-state index is 11.8. The molecule has 0 aliphatic rings. The molecule has 0 aromatic heterocycles. The van der Waals surface area contributed by atoms with Gasteiger partial charge in [0.25, 0.3) is 0 Å². The molecular weight excluding hydrogens is 342 g/mol. The normalized spacial score (nSPS) is 11.9. The molecule has 0 aliphatic carbocycles. The molecule has 0 amide bonds. The van der Waals surface area contributed by atoms with E-state index in [0.29, 0.717) is 18.5 Å². The zero-order valence-corrected chi connectivity index (χ0v) is 16.3. The van der Waals surface area contributed by atoms with Crippen molar-refractivity contribution in [3.63, 3.8) is 0 Å². The largest absolute Gasteiger partial charge is 0.504 e. The Balaban J connectivity index is 0.00000576. The van der Waals surface area contributed by atoms with E-state index in [1.54, 1.807) is 6.07 Å². The molecule has 1 atom stereocenters. The van der Waals surface area contributed by atoms with Crippen molar-refractivity contribution in [1.29, 1.82) is 0 Å². The first-order valence-corrected chi connectivity index (χ1v) is 8.89. The molecule has 1 unspecified atom stereocenters. The highest BCUT2D eigenvalue weighted by Crippen LogP contribution is 2.29. The third kappa shape index (κ3) is 9.68. The van der Waals surface area contributed by atoms with Gasteiger partial charge in [0.2, 0.25) is 0 Å². The van der Waals surface area contributed by atoms with Gasteiger partial charge in [0, 0.05) is 19.0 Å². The van der Waals surface area contributed by atoms with E-state index >= 15 is 0 Å². The highest BCUT2D eigenvalue weighted by atomic mass is 35.5. The number of phenolic OH excluding ortho intramolecular Hbond substituents is 1. The number of carbonyl (C=O) groups is 1. The molecule has 25 heavy (non-hydrogen) atoms. The lowest BCUT2D eigenvalue weighted by molar-refractivity contribution is -0.134. The van der Waals surface area contributed by atoms with Crippen LogP contribution in [0.1, 0.15) is 71.0 Å². The summed E-state index contributed by atoms with van der Waals surface area (Å²) in [5, 5.41) is 23.2. The molecule has 1 aromatic rings. The number of ether oxygens (including phenoxy) is 1. The van der Waals surface area contributed by atoms with Crippen LogP contribution in [0.5, 0.6) is 11.5 Å². The number of aromatic hydroxyl groups is 1. The Morgan fingerprint density at radius 2 is 1.88 bits per heavy atom. The lowest BCUT2D eigenvalue weighted by atomic mass is 10.1. The fraction of sp³-hybridized carbons (Fsp3) is 0.632. The zero-order valence-electron chi connectivity index (χ0n) is 15.5. The summed E-state index contributed by atoms with van der Waals surface area (Å²) in [6.45, 7) is 6.54. The predicted octanol–water partition coefficient (Wildman–Crippen LogP) is 4.11. The van der Waals surface area contributed by atoms with E-state index in [1.165, 1.54) is 25.0 Å². The highest BCUT2D eigenvalue weighted by molar-refractivity contribution is 5.85. The fourth-order valence-corrected chi connectivity index (χ4v) is 2.34. The average Bonchev–Trinajstić information content (AvgIpc) is 2.54. The van der Waals surface area contributed by atoms with Crippen LogP contribution in [-0.2, 0) is 4.79 Å². The Hall–Kier alpha value is -1.30. The summed E-state index contributed by atoms with van der Waals surface area (Å²) < 4.78 is 5.20. The molecule has 144 valence electrons. The van der Waals surface area contributed by atoms with Crippen molar-refractivity contribution in [2.24, 2.45) is 0 Å². The number of halogens is 1. The van der Waals surface area contributed by atoms with Gasteiger partial charge in [-0.1, -0.05) is 52.5 Å². The molecule has 0 heterocycles. The maximum absolute atomic E-state index is 11.8. The van der Waals surface area contributed by atoms with E-state index in [1.807, 2.05) is 13.8 Å². The minimum atomic E-state index is -0.721. The first kappa shape index (κ1) is 23.7. The fourth-order valence-electron chi connectivity index (χ4n) is 2.34. The summed E-state index contributed by atoms with van der Waals surface area (Å²) >= 11 is 0. The topological polar surface area (TPSA) is 78.8 Å². The molecule has 1 rings (SSSR count). The van der Waals surface area contributed by atoms with Gasteiger partial charge in [-0.2, -0.15) is 0 Å². The number of nitrogens with one attached hydrogen (secondary N) is 1. The summed E-state index contributed by atoms with van der Waals surface area (Å²) in [4.78, 5) is 11.8. The molecule has 0 radical (unpaired) electrons. The van der Waals surface area contributed by atoms with Crippen molar-refractivity contribution in [3.8, 4) is 11.5 Å². The Morgan fingerprint density at radius 1 is 1.20 bits per heavy atom. The SMILES string of the molecule is CCCCCCCC(=O)Oc1ccc(C(O)CNC(C)C)cc1O.Cl. The van der Waals surface area contributed by atoms with Gasteiger partial charge in [0.1, 0.15) is 0 Å². The van der Waals surface area contributed by atoms with Gasteiger partial charge in [-0.25, -0.2) is 0 Å². The van der Waals surface area contributed by atoms with Crippen molar-refractivity contribution >= 4 is 18.4 Å². The van der Waals surface area contributed by atoms with Crippen LogP contribution in [0.15, 0.2) is 18.2 Å². The van der Waals surface area contributed by atoms with Gasteiger partial charge in [-0.3, -0.25) is 4.79 Å². The van der Waals surface area contributed by atoms with E-state index in [9.17, 15) is 15.0 Å². The molecule has 0 saturated carbocycles.